The van der Waals surface area contributed by atoms with Crippen molar-refractivity contribution in [3.05, 3.63) is 0 Å². The Labute approximate surface area is 121 Å². The zero-order chi connectivity index (χ0) is 15.3. The van der Waals surface area contributed by atoms with Gasteiger partial charge in [-0.15, -0.1) is 0 Å². The predicted octanol–water partition coefficient (Wildman–Crippen LogP) is 0.342. The minimum absolute atomic E-state index is 0.229. The molecule has 1 aliphatic rings. The van der Waals surface area contributed by atoms with E-state index in [-0.39, 0.29) is 18.5 Å². The average Bonchev–Trinajstić information content (AvgIpc) is 2.38. The maximum atomic E-state index is 12.0. The molecule has 1 aliphatic carbocycles. The Bertz CT molecular complexity index is 418. The number of nitrogens with two attached hydrogens (primary N) is 1. The van der Waals surface area contributed by atoms with E-state index in [1.807, 2.05) is 0 Å². The van der Waals surface area contributed by atoms with Crippen LogP contribution in [0.4, 0.5) is 4.79 Å². The molecule has 0 aromatic rings. The van der Waals surface area contributed by atoms with Gasteiger partial charge in [-0.05, 0) is 18.8 Å². The zero-order valence-corrected chi connectivity index (χ0v) is 13.3. The molecule has 0 aliphatic heterocycles. The number of hydrogen-bond acceptors (Lipinski definition) is 3. The van der Waals surface area contributed by atoms with E-state index in [0.717, 1.165) is 30.0 Å². The second-order valence-electron chi connectivity index (χ2n) is 5.58. The monoisotopic (exact) mass is 306 g/mol. The molecule has 1 rings (SSSR count). The normalized spacial score (nSPS) is 19.2. The largest absolute Gasteiger partial charge is 0.352 e. The lowest BCUT2D eigenvalue weighted by atomic mass is 9.84. The van der Waals surface area contributed by atoms with E-state index in [9.17, 15) is 13.2 Å². The third-order valence-corrected chi connectivity index (χ3v) is 5.72. The molecule has 0 radical (unpaired) electrons. The second kappa shape index (κ2) is 7.24. The Morgan fingerprint density at radius 2 is 1.80 bits per heavy atom. The lowest BCUT2D eigenvalue weighted by Crippen LogP contribution is -2.51. The van der Waals surface area contributed by atoms with E-state index in [1.54, 1.807) is 0 Å². The fraction of sp³-hybridized carbons (Fsp3) is 0.917. The van der Waals surface area contributed by atoms with Crippen LogP contribution in [0.1, 0.15) is 32.1 Å². The highest BCUT2D eigenvalue weighted by Crippen LogP contribution is 2.27. The first-order valence-corrected chi connectivity index (χ1v) is 8.34. The molecule has 1 saturated carbocycles. The highest BCUT2D eigenvalue weighted by molar-refractivity contribution is 7.86. The first-order chi connectivity index (χ1) is 9.25. The number of primary amides is 1. The highest BCUT2D eigenvalue weighted by atomic mass is 32.2. The molecule has 1 atom stereocenters. The van der Waals surface area contributed by atoms with Gasteiger partial charge < -0.3 is 11.1 Å². The number of nitrogens with zero attached hydrogens (tertiary/aromatic N) is 2. The van der Waals surface area contributed by atoms with E-state index < -0.39 is 16.2 Å². The van der Waals surface area contributed by atoms with Gasteiger partial charge in [0.1, 0.15) is 0 Å². The van der Waals surface area contributed by atoms with Crippen molar-refractivity contribution in [2.75, 3.05) is 27.7 Å². The lowest BCUT2D eigenvalue weighted by Gasteiger charge is -2.33. The van der Waals surface area contributed by atoms with Gasteiger partial charge in [0.05, 0.1) is 0 Å². The molecule has 0 unspecified atom stereocenters. The Hall–Kier alpha value is -0.860. The van der Waals surface area contributed by atoms with Crippen molar-refractivity contribution in [1.29, 1.82) is 0 Å². The Kier molecular flexibility index (Phi) is 6.22. The predicted molar refractivity (Wildman–Crippen MR) is 78.3 cm³/mol. The Morgan fingerprint density at radius 1 is 1.25 bits per heavy atom. The van der Waals surface area contributed by atoms with Gasteiger partial charge in [0.15, 0.2) is 0 Å². The summed E-state index contributed by atoms with van der Waals surface area (Å²) in [7, 11) is 1.03. The number of carbonyl (C=O) groups excluding carboxylic acids is 1. The number of rotatable bonds is 6. The number of urea groups is 1. The molecule has 20 heavy (non-hydrogen) atoms. The lowest BCUT2D eigenvalue weighted by molar-refractivity contribution is 0.217. The standard InChI is InChI=1S/C12H26N4O3S/c1-15(2)20(18,19)16(3)9-11(14-12(13)17)10-7-5-4-6-8-10/h10-11H,4-9H2,1-3H3,(H3,13,14,17)/t11-/m1/s1. The highest BCUT2D eigenvalue weighted by Gasteiger charge is 2.30. The fourth-order valence-corrected chi connectivity index (χ4v) is 3.59. The quantitative estimate of drug-likeness (QED) is 0.741. The van der Waals surface area contributed by atoms with Gasteiger partial charge in [-0.3, -0.25) is 0 Å². The SMILES string of the molecule is CN(C)S(=O)(=O)N(C)C[C@@H](NC(N)=O)C1CCCCC1. The van der Waals surface area contributed by atoms with Gasteiger partial charge in [0.25, 0.3) is 10.2 Å². The van der Waals surface area contributed by atoms with Crippen LogP contribution in [-0.4, -0.2) is 56.8 Å². The molecule has 0 aromatic heterocycles. The van der Waals surface area contributed by atoms with E-state index in [2.05, 4.69) is 5.32 Å². The van der Waals surface area contributed by atoms with E-state index in [0.29, 0.717) is 0 Å². The Morgan fingerprint density at radius 3 is 2.25 bits per heavy atom. The number of nitrogens with one attached hydrogen (secondary N) is 1. The summed E-state index contributed by atoms with van der Waals surface area (Å²) in [5.41, 5.74) is 5.22. The topological polar surface area (TPSA) is 95.7 Å². The first kappa shape index (κ1) is 17.2. The molecule has 0 aromatic carbocycles. The second-order valence-corrected chi connectivity index (χ2v) is 7.83. The van der Waals surface area contributed by atoms with Gasteiger partial charge in [0, 0.05) is 33.7 Å². The van der Waals surface area contributed by atoms with Crippen molar-refractivity contribution in [3.63, 3.8) is 0 Å². The third-order valence-electron chi connectivity index (χ3n) is 3.86. The summed E-state index contributed by atoms with van der Waals surface area (Å²) in [4.78, 5) is 11.2. The van der Waals surface area contributed by atoms with Crippen LogP contribution in [-0.2, 0) is 10.2 Å². The van der Waals surface area contributed by atoms with Gasteiger partial charge in [0.2, 0.25) is 0 Å². The minimum atomic E-state index is -3.47. The van der Waals surface area contributed by atoms with Crippen molar-refractivity contribution in [2.24, 2.45) is 11.7 Å². The first-order valence-electron chi connectivity index (χ1n) is 6.95. The summed E-state index contributed by atoms with van der Waals surface area (Å²) in [6.07, 6.45) is 5.44. The van der Waals surface area contributed by atoms with E-state index >= 15 is 0 Å². The summed E-state index contributed by atoms with van der Waals surface area (Å²) in [5, 5.41) is 2.71. The van der Waals surface area contributed by atoms with Crippen LogP contribution in [0.3, 0.4) is 0 Å². The van der Waals surface area contributed by atoms with Gasteiger partial charge >= 0.3 is 6.03 Å². The number of hydrogen-bond donors (Lipinski definition) is 2. The van der Waals surface area contributed by atoms with Crippen LogP contribution in [0.2, 0.25) is 0 Å². The zero-order valence-electron chi connectivity index (χ0n) is 12.5. The van der Waals surface area contributed by atoms with Crippen LogP contribution in [0.15, 0.2) is 0 Å². The number of amides is 2. The maximum Gasteiger partial charge on any atom is 0.312 e. The average molecular weight is 306 g/mol. The van der Waals surface area contributed by atoms with Gasteiger partial charge in [-0.2, -0.15) is 17.0 Å². The summed E-state index contributed by atoms with van der Waals surface area (Å²) >= 11 is 0. The van der Waals surface area contributed by atoms with Crippen LogP contribution in [0, 0.1) is 5.92 Å². The van der Waals surface area contributed by atoms with Crippen LogP contribution in [0.5, 0.6) is 0 Å². The molecule has 2 amide bonds. The summed E-state index contributed by atoms with van der Waals surface area (Å²) < 4.78 is 26.5. The summed E-state index contributed by atoms with van der Waals surface area (Å²) in [6, 6.07) is -0.830. The molecular formula is C12H26N4O3S. The van der Waals surface area contributed by atoms with E-state index in [1.165, 1.54) is 31.9 Å². The molecule has 118 valence electrons. The van der Waals surface area contributed by atoms with Crippen molar-refractivity contribution in [1.82, 2.24) is 13.9 Å². The van der Waals surface area contributed by atoms with E-state index in [4.69, 9.17) is 5.73 Å². The van der Waals surface area contributed by atoms with Crippen LogP contribution < -0.4 is 11.1 Å². The third kappa shape index (κ3) is 4.60. The molecule has 0 bridgehead atoms. The summed E-state index contributed by atoms with van der Waals surface area (Å²) in [5.74, 6) is 0.288. The molecule has 7 nitrogen and oxygen atoms in total. The number of carbonyl (C=O) groups is 1. The molecular weight excluding hydrogens is 280 g/mol. The molecule has 1 fully saturated rings. The molecule has 0 spiro atoms. The van der Waals surface area contributed by atoms with Crippen molar-refractivity contribution in [3.8, 4) is 0 Å². The molecule has 8 heteroatoms. The number of likely N-dealkylation sites (N-methyl/N-ethyl adjacent to an activating group) is 1. The molecule has 3 N–H and O–H groups in total. The van der Waals surface area contributed by atoms with Crippen molar-refractivity contribution < 1.29 is 13.2 Å². The smallest absolute Gasteiger partial charge is 0.312 e. The molecule has 0 heterocycles. The molecule has 0 saturated heterocycles. The Balaban J connectivity index is 2.76. The van der Waals surface area contributed by atoms with Crippen molar-refractivity contribution in [2.45, 2.75) is 38.1 Å². The van der Waals surface area contributed by atoms with Crippen LogP contribution >= 0.6 is 0 Å². The minimum Gasteiger partial charge on any atom is -0.352 e. The maximum absolute atomic E-state index is 12.0. The summed E-state index contributed by atoms with van der Waals surface area (Å²) in [6.45, 7) is 0.244. The van der Waals surface area contributed by atoms with Gasteiger partial charge in [-0.1, -0.05) is 19.3 Å². The van der Waals surface area contributed by atoms with Crippen molar-refractivity contribution >= 4 is 16.2 Å². The van der Waals surface area contributed by atoms with Gasteiger partial charge in [-0.25, -0.2) is 4.79 Å². The van der Waals surface area contributed by atoms with Crippen LogP contribution in [0.25, 0.3) is 0 Å². The fourth-order valence-electron chi connectivity index (χ4n) is 2.68.